The summed E-state index contributed by atoms with van der Waals surface area (Å²) in [7, 11) is -1.63. The molecule has 4 aromatic carbocycles. The zero-order chi connectivity index (χ0) is 20.8. The normalized spacial score (nSPS) is 12.9. The minimum absolute atomic E-state index is 0. The third-order valence-electron chi connectivity index (χ3n) is 4.86. The molecular formula is C26H22Cl2P2Pd. The van der Waals surface area contributed by atoms with Crippen LogP contribution in [0.5, 0.6) is 0 Å². The smallest absolute Gasteiger partial charge is 0.0824 e. The third-order valence-corrected chi connectivity index (χ3v) is 12.2. The average molecular weight is 574 g/mol. The van der Waals surface area contributed by atoms with Crippen molar-refractivity contribution in [2.45, 2.75) is 10.2 Å². The maximum atomic E-state index is 7.27. The largest absolute Gasteiger partial charge is 0.115 e. The quantitative estimate of drug-likeness (QED) is 0.137. The van der Waals surface area contributed by atoms with Crippen LogP contribution in [0.1, 0.15) is 0 Å². The molecule has 4 rings (SSSR count). The summed E-state index contributed by atoms with van der Waals surface area (Å²) in [5.41, 5.74) is 0. The van der Waals surface area contributed by atoms with Gasteiger partial charge in [0.15, 0.2) is 0 Å². The molecule has 0 spiro atoms. The zero-order valence-electron chi connectivity index (χ0n) is 16.7. The minimum atomic E-state index is -0.815. The second-order valence-electron chi connectivity index (χ2n) is 6.83. The Balaban J connectivity index is 0.00000272. The number of hydrogen-bond acceptors (Lipinski definition) is 0. The van der Waals surface area contributed by atoms with E-state index in [-0.39, 0.29) is 30.7 Å². The van der Waals surface area contributed by atoms with Crippen molar-refractivity contribution in [1.82, 2.24) is 0 Å². The Kier molecular flexibility index (Phi) is 9.76. The molecule has 0 bridgehead atoms. The number of halogens is 2. The van der Waals surface area contributed by atoms with Crippen molar-refractivity contribution in [1.29, 1.82) is 0 Å². The molecule has 0 saturated heterocycles. The van der Waals surface area contributed by atoms with Crippen LogP contribution in [0.25, 0.3) is 0 Å². The maximum absolute atomic E-state index is 7.27. The minimum Gasteiger partial charge on any atom is -0.115 e. The molecule has 0 N–H and O–H groups in total. The van der Waals surface area contributed by atoms with Gasteiger partial charge in [0.1, 0.15) is 0 Å². The first kappa shape index (κ1) is 24.6. The molecule has 31 heavy (non-hydrogen) atoms. The summed E-state index contributed by atoms with van der Waals surface area (Å²) < 4.78 is 0. The molecule has 2 atom stereocenters. The molecule has 0 aliphatic heterocycles. The van der Waals surface area contributed by atoms with Gasteiger partial charge >= 0.3 is 0 Å². The van der Waals surface area contributed by atoms with Crippen LogP contribution in [0, 0.1) is 0 Å². The van der Waals surface area contributed by atoms with Crippen LogP contribution >= 0.6 is 39.0 Å². The van der Waals surface area contributed by atoms with Crippen molar-refractivity contribution in [3.05, 3.63) is 121 Å². The molecule has 0 aliphatic rings. The SMILES string of the molecule is ClC(C(Cl)P(c1ccccc1)c1ccccc1)P(c1ccccc1)c1ccccc1.[Pd]. The van der Waals surface area contributed by atoms with Gasteiger partial charge in [-0.1, -0.05) is 121 Å². The molecule has 0 heterocycles. The summed E-state index contributed by atoms with van der Waals surface area (Å²) >= 11 is 14.5. The van der Waals surface area contributed by atoms with Crippen molar-refractivity contribution in [2.75, 3.05) is 0 Å². The van der Waals surface area contributed by atoms with Gasteiger partial charge in [-0.3, -0.25) is 0 Å². The topological polar surface area (TPSA) is 0 Å². The van der Waals surface area contributed by atoms with Gasteiger partial charge in [0.05, 0.1) is 10.2 Å². The number of hydrogen-bond donors (Lipinski definition) is 0. The van der Waals surface area contributed by atoms with E-state index in [1.165, 1.54) is 21.2 Å². The molecule has 4 aromatic rings. The first-order valence-corrected chi connectivity index (χ1v) is 13.5. The van der Waals surface area contributed by atoms with Crippen LogP contribution in [0.15, 0.2) is 121 Å². The van der Waals surface area contributed by atoms with Crippen molar-refractivity contribution in [2.24, 2.45) is 0 Å². The summed E-state index contributed by atoms with van der Waals surface area (Å²) in [6.07, 6.45) is 0. The van der Waals surface area contributed by atoms with Gasteiger partial charge in [-0.25, -0.2) is 0 Å². The van der Waals surface area contributed by atoms with E-state index in [0.717, 1.165) is 0 Å². The number of alkyl halides is 2. The van der Waals surface area contributed by atoms with Crippen LogP contribution in [0.2, 0.25) is 0 Å². The molecule has 0 aromatic heterocycles. The van der Waals surface area contributed by atoms with Gasteiger partial charge in [-0.05, 0) is 37.1 Å². The molecule has 0 saturated carbocycles. The van der Waals surface area contributed by atoms with E-state index in [1.54, 1.807) is 0 Å². The Hall–Kier alpha value is -1.02. The summed E-state index contributed by atoms with van der Waals surface area (Å²) in [4.78, 5) is 0. The predicted molar refractivity (Wildman–Crippen MR) is 137 cm³/mol. The van der Waals surface area contributed by atoms with E-state index in [1.807, 2.05) is 24.3 Å². The second-order valence-corrected chi connectivity index (χ2v) is 13.0. The van der Waals surface area contributed by atoms with Crippen LogP contribution in [-0.2, 0) is 20.4 Å². The summed E-state index contributed by atoms with van der Waals surface area (Å²) in [5, 5.41) is 4.58. The molecule has 0 aliphatic carbocycles. The van der Waals surface area contributed by atoms with E-state index in [4.69, 9.17) is 23.2 Å². The van der Waals surface area contributed by atoms with Crippen molar-refractivity contribution >= 4 is 60.3 Å². The van der Waals surface area contributed by atoms with Gasteiger partial charge in [-0.15, -0.1) is 23.2 Å². The fraction of sp³-hybridized carbons (Fsp3) is 0.0769. The Morgan fingerprint density at radius 2 is 0.581 bits per heavy atom. The summed E-state index contributed by atoms with van der Waals surface area (Å²) in [6.45, 7) is 0. The van der Waals surface area contributed by atoms with Crippen LogP contribution < -0.4 is 21.2 Å². The summed E-state index contributed by atoms with van der Waals surface area (Å²) in [6, 6.07) is 42.2. The standard InChI is InChI=1S/C26H22Cl2P2.Pd/c27-25(29(21-13-5-1-6-14-21)22-15-7-2-8-16-22)26(28)30(23-17-9-3-10-18-23)24-19-11-4-12-20-24;/h1-20,25-26H;. The molecule has 160 valence electrons. The second kappa shape index (κ2) is 12.3. The van der Waals surface area contributed by atoms with Crippen LogP contribution in [-0.4, -0.2) is 10.2 Å². The Labute approximate surface area is 211 Å². The Morgan fingerprint density at radius 3 is 0.774 bits per heavy atom. The Bertz CT molecular complexity index is 868. The molecule has 0 radical (unpaired) electrons. The van der Waals surface area contributed by atoms with Gasteiger partial charge in [-0.2, -0.15) is 0 Å². The number of rotatable bonds is 7. The number of benzene rings is 4. The van der Waals surface area contributed by atoms with Crippen LogP contribution in [0.4, 0.5) is 0 Å². The predicted octanol–water partition coefficient (Wildman–Crippen LogP) is 6.38. The fourth-order valence-electron chi connectivity index (χ4n) is 3.47. The molecule has 0 amide bonds. The van der Waals surface area contributed by atoms with Crippen molar-refractivity contribution in [3.8, 4) is 0 Å². The van der Waals surface area contributed by atoms with E-state index in [0.29, 0.717) is 0 Å². The first-order chi connectivity index (χ1) is 14.8. The van der Waals surface area contributed by atoms with E-state index in [9.17, 15) is 0 Å². The maximum Gasteiger partial charge on any atom is 0.0824 e. The molecule has 0 fully saturated rings. The molecular weight excluding hydrogens is 552 g/mol. The van der Waals surface area contributed by atoms with Crippen molar-refractivity contribution in [3.63, 3.8) is 0 Å². The van der Waals surface area contributed by atoms with E-state index >= 15 is 0 Å². The van der Waals surface area contributed by atoms with E-state index < -0.39 is 15.8 Å². The zero-order valence-corrected chi connectivity index (χ0v) is 21.5. The van der Waals surface area contributed by atoms with Gasteiger partial charge in [0.2, 0.25) is 0 Å². The molecule has 0 nitrogen and oxygen atoms in total. The van der Waals surface area contributed by atoms with Crippen LogP contribution in [0.3, 0.4) is 0 Å². The molecule has 5 heteroatoms. The Morgan fingerprint density at radius 1 is 0.387 bits per heavy atom. The fourth-order valence-corrected chi connectivity index (χ4v) is 10.5. The van der Waals surface area contributed by atoms with Gasteiger partial charge in [0, 0.05) is 20.4 Å². The van der Waals surface area contributed by atoms with Gasteiger partial charge in [0.25, 0.3) is 0 Å². The average Bonchev–Trinajstić information content (AvgIpc) is 2.82. The first-order valence-electron chi connectivity index (χ1n) is 9.82. The third kappa shape index (κ3) is 6.07. The monoisotopic (exact) mass is 572 g/mol. The molecule has 2 unspecified atom stereocenters. The van der Waals surface area contributed by atoms with Crippen molar-refractivity contribution < 1.29 is 20.4 Å². The van der Waals surface area contributed by atoms with E-state index in [2.05, 4.69) is 97.1 Å². The van der Waals surface area contributed by atoms with Gasteiger partial charge < -0.3 is 0 Å². The summed E-state index contributed by atoms with van der Waals surface area (Å²) in [5.74, 6) is 0.